The molecule has 0 aliphatic heterocycles. The fourth-order valence-electron chi connectivity index (χ4n) is 2.76. The van der Waals surface area contributed by atoms with E-state index in [0.29, 0.717) is 18.1 Å². The number of carbonyl (C=O) groups is 2. The van der Waals surface area contributed by atoms with Crippen LogP contribution in [0.4, 0.5) is 5.82 Å². The molecule has 1 atom stereocenters. The SMILES string of the molecule is C[C@H](CNC(=O)C1CCCCC1)Nc1cnc(/C=C/C(=O)NO)cn1. The first kappa shape index (κ1) is 18.9. The molecule has 136 valence electrons. The van der Waals surface area contributed by atoms with Crippen LogP contribution in [-0.2, 0) is 9.59 Å². The zero-order valence-electron chi connectivity index (χ0n) is 14.4. The molecule has 1 heterocycles. The Hall–Kier alpha value is -2.48. The molecular formula is C17H25N5O3. The molecule has 8 nitrogen and oxygen atoms in total. The molecule has 1 aromatic rings. The molecule has 1 saturated carbocycles. The van der Waals surface area contributed by atoms with Crippen LogP contribution in [0.5, 0.6) is 0 Å². The van der Waals surface area contributed by atoms with Gasteiger partial charge >= 0.3 is 0 Å². The molecule has 2 amide bonds. The standard InChI is InChI=1S/C17H25N5O3/c1-12(9-20-17(24)13-5-3-2-4-6-13)21-15-11-18-14(10-19-15)7-8-16(23)22-25/h7-8,10-13,25H,2-6,9H2,1H3,(H,19,21)(H,20,24)(H,22,23)/b8-7+/t12-/m1/s1. The van der Waals surface area contributed by atoms with Crippen molar-refractivity contribution in [3.63, 3.8) is 0 Å². The lowest BCUT2D eigenvalue weighted by atomic mass is 9.88. The highest BCUT2D eigenvalue weighted by atomic mass is 16.5. The number of nitrogens with one attached hydrogen (secondary N) is 3. The van der Waals surface area contributed by atoms with Crippen LogP contribution in [0.1, 0.15) is 44.7 Å². The normalized spacial score (nSPS) is 16.4. The van der Waals surface area contributed by atoms with E-state index < -0.39 is 5.91 Å². The van der Waals surface area contributed by atoms with Crippen molar-refractivity contribution in [3.8, 4) is 0 Å². The Balaban J connectivity index is 1.76. The average molecular weight is 347 g/mol. The Bertz CT molecular complexity index is 597. The minimum atomic E-state index is -0.633. The number of nitrogens with zero attached hydrogens (tertiary/aromatic N) is 2. The topological polar surface area (TPSA) is 116 Å². The third-order valence-electron chi connectivity index (χ3n) is 4.14. The maximum absolute atomic E-state index is 12.1. The van der Waals surface area contributed by atoms with Crippen LogP contribution in [-0.4, -0.2) is 39.6 Å². The Morgan fingerprint density at radius 1 is 1.28 bits per heavy atom. The summed E-state index contributed by atoms with van der Waals surface area (Å²) in [6.45, 7) is 2.48. The highest BCUT2D eigenvalue weighted by Crippen LogP contribution is 2.23. The maximum Gasteiger partial charge on any atom is 0.267 e. The minimum absolute atomic E-state index is 0.0170. The van der Waals surface area contributed by atoms with Gasteiger partial charge in [0.1, 0.15) is 5.82 Å². The number of carbonyl (C=O) groups excluding carboxylic acids is 2. The van der Waals surface area contributed by atoms with Crippen molar-refractivity contribution in [2.24, 2.45) is 5.92 Å². The van der Waals surface area contributed by atoms with E-state index in [1.165, 1.54) is 24.2 Å². The van der Waals surface area contributed by atoms with Crippen LogP contribution in [0.3, 0.4) is 0 Å². The zero-order valence-corrected chi connectivity index (χ0v) is 14.4. The fourth-order valence-corrected chi connectivity index (χ4v) is 2.76. The molecule has 1 aliphatic rings. The summed E-state index contributed by atoms with van der Waals surface area (Å²) >= 11 is 0. The fraction of sp³-hybridized carbons (Fsp3) is 0.529. The lowest BCUT2D eigenvalue weighted by Crippen LogP contribution is -2.38. The maximum atomic E-state index is 12.1. The summed E-state index contributed by atoms with van der Waals surface area (Å²) in [5, 5.41) is 14.6. The Morgan fingerprint density at radius 2 is 2.04 bits per heavy atom. The molecule has 4 N–H and O–H groups in total. The summed E-state index contributed by atoms with van der Waals surface area (Å²) in [6, 6.07) is 0.0170. The first-order valence-corrected chi connectivity index (χ1v) is 8.57. The van der Waals surface area contributed by atoms with Crippen molar-refractivity contribution in [1.82, 2.24) is 20.8 Å². The molecule has 0 unspecified atom stereocenters. The molecule has 0 saturated heterocycles. The first-order chi connectivity index (χ1) is 12.1. The Kier molecular flexibility index (Phi) is 7.34. The molecule has 0 spiro atoms. The number of hydrogen-bond donors (Lipinski definition) is 4. The van der Waals surface area contributed by atoms with E-state index in [1.54, 1.807) is 6.20 Å². The largest absolute Gasteiger partial charge is 0.365 e. The predicted molar refractivity (Wildman–Crippen MR) is 93.7 cm³/mol. The van der Waals surface area contributed by atoms with Gasteiger partial charge in [0.25, 0.3) is 5.91 Å². The highest BCUT2D eigenvalue weighted by molar-refractivity contribution is 5.90. The van der Waals surface area contributed by atoms with E-state index in [9.17, 15) is 9.59 Å². The molecule has 1 aliphatic carbocycles. The predicted octanol–water partition coefficient (Wildman–Crippen LogP) is 1.49. The van der Waals surface area contributed by atoms with Gasteiger partial charge in [-0.1, -0.05) is 19.3 Å². The molecule has 0 radical (unpaired) electrons. The van der Waals surface area contributed by atoms with Crippen molar-refractivity contribution in [3.05, 3.63) is 24.2 Å². The lowest BCUT2D eigenvalue weighted by Gasteiger charge is -2.22. The van der Waals surface area contributed by atoms with E-state index in [4.69, 9.17) is 5.21 Å². The van der Waals surface area contributed by atoms with Crippen LogP contribution in [0, 0.1) is 5.92 Å². The van der Waals surface area contributed by atoms with Crippen LogP contribution in [0.15, 0.2) is 18.5 Å². The summed E-state index contributed by atoms with van der Waals surface area (Å²) < 4.78 is 0. The number of hydroxylamine groups is 1. The molecule has 25 heavy (non-hydrogen) atoms. The van der Waals surface area contributed by atoms with Crippen LogP contribution in [0.2, 0.25) is 0 Å². The lowest BCUT2D eigenvalue weighted by molar-refractivity contribution is -0.126. The van der Waals surface area contributed by atoms with Gasteiger partial charge in [-0.2, -0.15) is 0 Å². The third-order valence-corrected chi connectivity index (χ3v) is 4.14. The van der Waals surface area contributed by atoms with E-state index >= 15 is 0 Å². The molecule has 8 heteroatoms. The van der Waals surface area contributed by atoms with Crippen LogP contribution >= 0.6 is 0 Å². The van der Waals surface area contributed by atoms with Gasteiger partial charge in [0.05, 0.1) is 18.1 Å². The van der Waals surface area contributed by atoms with Gasteiger partial charge < -0.3 is 10.6 Å². The number of hydrogen-bond acceptors (Lipinski definition) is 6. The second-order valence-corrected chi connectivity index (χ2v) is 6.26. The van der Waals surface area contributed by atoms with Gasteiger partial charge in [-0.3, -0.25) is 19.8 Å². The van der Waals surface area contributed by atoms with E-state index in [0.717, 1.165) is 31.8 Å². The summed E-state index contributed by atoms with van der Waals surface area (Å²) in [7, 11) is 0. The van der Waals surface area contributed by atoms with E-state index in [-0.39, 0.29) is 17.9 Å². The molecule has 1 aromatic heterocycles. The Morgan fingerprint density at radius 3 is 2.68 bits per heavy atom. The summed E-state index contributed by atoms with van der Waals surface area (Å²) in [6.07, 6.45) is 11.1. The summed E-state index contributed by atoms with van der Waals surface area (Å²) in [5.41, 5.74) is 1.99. The van der Waals surface area contributed by atoms with Gasteiger partial charge in [0, 0.05) is 24.6 Å². The van der Waals surface area contributed by atoms with E-state index in [2.05, 4.69) is 20.6 Å². The number of amides is 2. The van der Waals surface area contributed by atoms with Gasteiger partial charge in [-0.15, -0.1) is 0 Å². The molecule has 0 bridgehead atoms. The second kappa shape index (κ2) is 9.73. The van der Waals surface area contributed by atoms with Gasteiger partial charge in [-0.25, -0.2) is 10.5 Å². The molecular weight excluding hydrogens is 322 g/mol. The van der Waals surface area contributed by atoms with Crippen molar-refractivity contribution in [2.45, 2.75) is 45.1 Å². The van der Waals surface area contributed by atoms with Crippen LogP contribution in [0.25, 0.3) is 6.08 Å². The molecule has 2 rings (SSSR count). The molecule has 0 aromatic carbocycles. The van der Waals surface area contributed by atoms with Crippen LogP contribution < -0.4 is 16.1 Å². The zero-order chi connectivity index (χ0) is 18.1. The van der Waals surface area contributed by atoms with Crippen molar-refractivity contribution >= 4 is 23.7 Å². The summed E-state index contributed by atoms with van der Waals surface area (Å²) in [5.74, 6) is 0.250. The second-order valence-electron chi connectivity index (χ2n) is 6.26. The summed E-state index contributed by atoms with van der Waals surface area (Å²) in [4.78, 5) is 31.4. The first-order valence-electron chi connectivity index (χ1n) is 8.57. The quantitative estimate of drug-likeness (QED) is 0.337. The number of aromatic nitrogens is 2. The van der Waals surface area contributed by atoms with Crippen molar-refractivity contribution < 1.29 is 14.8 Å². The third kappa shape index (κ3) is 6.50. The molecule has 1 fully saturated rings. The van der Waals surface area contributed by atoms with Gasteiger partial charge in [-0.05, 0) is 25.8 Å². The van der Waals surface area contributed by atoms with Gasteiger partial charge in [0.15, 0.2) is 0 Å². The average Bonchev–Trinajstić information content (AvgIpc) is 2.66. The highest BCUT2D eigenvalue weighted by Gasteiger charge is 2.21. The smallest absolute Gasteiger partial charge is 0.267 e. The van der Waals surface area contributed by atoms with Gasteiger partial charge in [0.2, 0.25) is 5.91 Å². The Labute approximate surface area is 147 Å². The number of anilines is 1. The number of rotatable bonds is 7. The monoisotopic (exact) mass is 347 g/mol. The van der Waals surface area contributed by atoms with Crippen molar-refractivity contribution in [2.75, 3.05) is 11.9 Å². The van der Waals surface area contributed by atoms with Crippen molar-refractivity contribution in [1.29, 1.82) is 0 Å². The van der Waals surface area contributed by atoms with E-state index in [1.807, 2.05) is 6.92 Å². The minimum Gasteiger partial charge on any atom is -0.365 e.